The van der Waals surface area contributed by atoms with Crippen molar-refractivity contribution in [3.05, 3.63) is 35.9 Å². The molecule has 0 aromatic heterocycles. The fourth-order valence-electron chi connectivity index (χ4n) is 2.19. The summed E-state index contributed by atoms with van der Waals surface area (Å²) in [4.78, 5) is 22.9. The topological polar surface area (TPSA) is 63.6 Å². The monoisotopic (exact) mass is 248 g/mol. The second-order valence-corrected chi connectivity index (χ2v) is 4.58. The highest BCUT2D eigenvalue weighted by molar-refractivity contribution is 5.85. The number of aliphatic hydroxyl groups excluding tert-OH is 1. The lowest BCUT2D eigenvalue weighted by Gasteiger charge is -2.29. The standard InChI is InChI=1S/C14H16O4/c1-9(15)12-8-7-11(14(17)18-12)13(16)10-5-3-2-4-6-10/h2-6,11-13,16H,7-8H2,1H3/t11-,12?,13+/m1/s1. The number of esters is 1. The van der Waals surface area contributed by atoms with Crippen molar-refractivity contribution in [1.82, 2.24) is 0 Å². The molecule has 1 saturated heterocycles. The fourth-order valence-corrected chi connectivity index (χ4v) is 2.19. The van der Waals surface area contributed by atoms with Gasteiger partial charge in [-0.2, -0.15) is 0 Å². The number of cyclic esters (lactones) is 1. The number of Topliss-reactive ketones (excluding diaryl/α,β-unsaturated/α-hetero) is 1. The van der Waals surface area contributed by atoms with Crippen LogP contribution in [0.2, 0.25) is 0 Å². The predicted octanol–water partition coefficient (Wildman–Crippen LogP) is 1.63. The van der Waals surface area contributed by atoms with Crippen molar-refractivity contribution in [2.24, 2.45) is 5.92 Å². The molecule has 0 spiro atoms. The lowest BCUT2D eigenvalue weighted by molar-refractivity contribution is -0.169. The molecule has 1 aliphatic rings. The number of aliphatic hydroxyl groups is 1. The fraction of sp³-hybridized carbons (Fsp3) is 0.429. The van der Waals surface area contributed by atoms with Crippen LogP contribution >= 0.6 is 0 Å². The van der Waals surface area contributed by atoms with E-state index < -0.39 is 24.1 Å². The van der Waals surface area contributed by atoms with Crippen molar-refractivity contribution in [3.63, 3.8) is 0 Å². The van der Waals surface area contributed by atoms with E-state index in [4.69, 9.17) is 4.74 Å². The molecule has 0 saturated carbocycles. The van der Waals surface area contributed by atoms with Crippen LogP contribution in [0.15, 0.2) is 30.3 Å². The second-order valence-electron chi connectivity index (χ2n) is 4.58. The normalized spacial score (nSPS) is 25.3. The van der Waals surface area contributed by atoms with Crippen LogP contribution in [0.3, 0.4) is 0 Å². The number of hydrogen-bond acceptors (Lipinski definition) is 4. The maximum atomic E-state index is 11.8. The highest BCUT2D eigenvalue weighted by atomic mass is 16.5. The van der Waals surface area contributed by atoms with Crippen molar-refractivity contribution in [2.75, 3.05) is 0 Å². The van der Waals surface area contributed by atoms with Gasteiger partial charge < -0.3 is 9.84 Å². The number of ether oxygens (including phenoxy) is 1. The third kappa shape index (κ3) is 2.59. The number of rotatable bonds is 3. The summed E-state index contributed by atoms with van der Waals surface area (Å²) in [7, 11) is 0. The van der Waals surface area contributed by atoms with E-state index in [1.54, 1.807) is 12.1 Å². The van der Waals surface area contributed by atoms with Gasteiger partial charge in [-0.1, -0.05) is 30.3 Å². The van der Waals surface area contributed by atoms with E-state index in [0.29, 0.717) is 18.4 Å². The van der Waals surface area contributed by atoms with Gasteiger partial charge in [-0.3, -0.25) is 9.59 Å². The molecule has 3 atom stereocenters. The van der Waals surface area contributed by atoms with Gasteiger partial charge in [0.05, 0.1) is 12.0 Å². The van der Waals surface area contributed by atoms with Crippen LogP contribution < -0.4 is 0 Å². The maximum Gasteiger partial charge on any atom is 0.312 e. The van der Waals surface area contributed by atoms with Crippen LogP contribution in [0.25, 0.3) is 0 Å². The van der Waals surface area contributed by atoms with Crippen LogP contribution in [0, 0.1) is 5.92 Å². The first kappa shape index (κ1) is 12.8. The molecule has 1 heterocycles. The summed E-state index contributed by atoms with van der Waals surface area (Å²) in [5.74, 6) is -1.21. The lowest BCUT2D eigenvalue weighted by atomic mass is 9.88. The van der Waals surface area contributed by atoms with E-state index in [2.05, 4.69) is 0 Å². The third-order valence-electron chi connectivity index (χ3n) is 3.28. The van der Waals surface area contributed by atoms with E-state index in [-0.39, 0.29) is 5.78 Å². The molecule has 0 radical (unpaired) electrons. The zero-order valence-corrected chi connectivity index (χ0v) is 10.2. The van der Waals surface area contributed by atoms with E-state index >= 15 is 0 Å². The van der Waals surface area contributed by atoms with Gasteiger partial charge in [-0.05, 0) is 25.3 Å². The summed E-state index contributed by atoms with van der Waals surface area (Å²) in [5, 5.41) is 10.2. The van der Waals surface area contributed by atoms with E-state index in [1.165, 1.54) is 6.92 Å². The summed E-state index contributed by atoms with van der Waals surface area (Å²) in [6.07, 6.45) is -0.558. The zero-order valence-electron chi connectivity index (χ0n) is 10.2. The van der Waals surface area contributed by atoms with Crippen LogP contribution in [-0.4, -0.2) is 23.0 Å². The van der Waals surface area contributed by atoms with Crippen LogP contribution in [-0.2, 0) is 14.3 Å². The Morgan fingerprint density at radius 2 is 2.00 bits per heavy atom. The number of hydrogen-bond donors (Lipinski definition) is 1. The largest absolute Gasteiger partial charge is 0.454 e. The molecule has 18 heavy (non-hydrogen) atoms. The number of carbonyl (C=O) groups excluding carboxylic acids is 2. The Hall–Kier alpha value is -1.68. The summed E-state index contributed by atoms with van der Waals surface area (Å²) >= 11 is 0. The molecule has 4 heteroatoms. The molecule has 0 aliphatic carbocycles. The van der Waals surface area contributed by atoms with Gasteiger partial charge in [0.25, 0.3) is 0 Å². The molecule has 0 bridgehead atoms. The van der Waals surface area contributed by atoms with Crippen molar-refractivity contribution in [3.8, 4) is 0 Å². The Kier molecular flexibility index (Phi) is 3.77. The highest BCUT2D eigenvalue weighted by Gasteiger charge is 2.37. The summed E-state index contributed by atoms with van der Waals surface area (Å²) in [6.45, 7) is 1.41. The predicted molar refractivity (Wildman–Crippen MR) is 64.7 cm³/mol. The molecule has 1 N–H and O–H groups in total. The molecule has 96 valence electrons. The quantitative estimate of drug-likeness (QED) is 0.826. The molecule has 2 rings (SSSR count). The van der Waals surface area contributed by atoms with Crippen LogP contribution in [0.5, 0.6) is 0 Å². The molecule has 1 aromatic rings. The van der Waals surface area contributed by atoms with Gasteiger partial charge >= 0.3 is 5.97 Å². The van der Waals surface area contributed by atoms with Crippen LogP contribution in [0.4, 0.5) is 0 Å². The summed E-state index contributed by atoms with van der Waals surface area (Å²) < 4.78 is 5.05. The van der Waals surface area contributed by atoms with Gasteiger partial charge in [0.15, 0.2) is 11.9 Å². The molecular formula is C14H16O4. The summed E-state index contributed by atoms with van der Waals surface area (Å²) in [5.41, 5.74) is 0.695. The van der Waals surface area contributed by atoms with Gasteiger partial charge in [-0.15, -0.1) is 0 Å². The zero-order chi connectivity index (χ0) is 13.1. The molecule has 0 amide bonds. The number of benzene rings is 1. The Balaban J connectivity index is 2.07. The molecular weight excluding hydrogens is 232 g/mol. The average Bonchev–Trinajstić information content (AvgIpc) is 2.38. The Morgan fingerprint density at radius 3 is 2.56 bits per heavy atom. The SMILES string of the molecule is CC(=O)C1CC[C@H]([C@@H](O)c2ccccc2)C(=O)O1. The van der Waals surface area contributed by atoms with Crippen LogP contribution in [0.1, 0.15) is 31.4 Å². The van der Waals surface area contributed by atoms with E-state index in [1.807, 2.05) is 18.2 Å². The first-order valence-corrected chi connectivity index (χ1v) is 6.03. The minimum Gasteiger partial charge on any atom is -0.454 e. The van der Waals surface area contributed by atoms with Gasteiger partial charge in [0.2, 0.25) is 0 Å². The number of ketones is 1. The molecule has 4 nitrogen and oxygen atoms in total. The van der Waals surface area contributed by atoms with E-state index in [9.17, 15) is 14.7 Å². The van der Waals surface area contributed by atoms with Crippen molar-refractivity contribution >= 4 is 11.8 Å². The van der Waals surface area contributed by atoms with Crippen molar-refractivity contribution in [2.45, 2.75) is 32.0 Å². The molecule has 1 unspecified atom stereocenters. The van der Waals surface area contributed by atoms with Gasteiger partial charge in [0, 0.05) is 0 Å². The Bertz CT molecular complexity index is 440. The van der Waals surface area contributed by atoms with Gasteiger partial charge in [0.1, 0.15) is 0 Å². The van der Waals surface area contributed by atoms with Gasteiger partial charge in [-0.25, -0.2) is 0 Å². The molecule has 1 aromatic carbocycles. The summed E-state index contributed by atoms with van der Waals surface area (Å²) in [6, 6.07) is 9.02. The minimum absolute atomic E-state index is 0.143. The molecule has 1 aliphatic heterocycles. The van der Waals surface area contributed by atoms with Crippen molar-refractivity contribution < 1.29 is 19.4 Å². The number of carbonyl (C=O) groups is 2. The first-order chi connectivity index (χ1) is 8.59. The Morgan fingerprint density at radius 1 is 1.33 bits per heavy atom. The van der Waals surface area contributed by atoms with Crippen molar-refractivity contribution in [1.29, 1.82) is 0 Å². The minimum atomic E-state index is -0.869. The average molecular weight is 248 g/mol. The third-order valence-corrected chi connectivity index (χ3v) is 3.28. The molecule has 1 fully saturated rings. The van der Waals surface area contributed by atoms with E-state index in [0.717, 1.165) is 0 Å². The second kappa shape index (κ2) is 5.31. The smallest absolute Gasteiger partial charge is 0.312 e. The Labute approximate surface area is 106 Å². The lowest BCUT2D eigenvalue weighted by Crippen LogP contribution is -2.37. The highest BCUT2D eigenvalue weighted by Crippen LogP contribution is 2.31. The maximum absolute atomic E-state index is 11.8. The first-order valence-electron chi connectivity index (χ1n) is 6.03.